The van der Waals surface area contributed by atoms with Crippen molar-refractivity contribution >= 4 is 11.8 Å². The normalized spacial score (nSPS) is 16.5. The monoisotopic (exact) mass is 313 g/mol. The third-order valence-corrected chi connectivity index (χ3v) is 4.41. The Hall–Kier alpha value is -0.950. The molecule has 1 aliphatic heterocycles. The minimum absolute atomic E-state index is 0.182. The van der Waals surface area contributed by atoms with Crippen molar-refractivity contribution in [1.29, 1.82) is 0 Å². The molecule has 0 saturated carbocycles. The number of nitrogens with one attached hydrogen (secondary N) is 1. The molecule has 1 aromatic carbocycles. The Morgan fingerprint density at radius 1 is 1.24 bits per heavy atom. The lowest BCUT2D eigenvalue weighted by atomic mass is 10.1. The molecule has 1 aromatic rings. The molecule has 3 N–H and O–H groups in total. The standard InChI is InChI=1S/C15H23NO4S/c1-2-16-13(10-21-9-12(18)8-17)11-3-4-14-15(7-11)20-6-5-19-14/h3-4,7,12-13,16-18H,2,5-6,8-10H2,1H3. The molecule has 1 heterocycles. The predicted octanol–water partition coefficient (Wildman–Crippen LogP) is 1.19. The third kappa shape index (κ3) is 4.78. The van der Waals surface area contributed by atoms with Gasteiger partial charge in [0, 0.05) is 17.5 Å². The summed E-state index contributed by atoms with van der Waals surface area (Å²) in [4.78, 5) is 0. The molecule has 0 saturated heterocycles. The van der Waals surface area contributed by atoms with Gasteiger partial charge >= 0.3 is 0 Å². The highest BCUT2D eigenvalue weighted by Crippen LogP contribution is 2.33. The van der Waals surface area contributed by atoms with E-state index >= 15 is 0 Å². The van der Waals surface area contributed by atoms with Crippen LogP contribution in [0.1, 0.15) is 18.5 Å². The summed E-state index contributed by atoms with van der Waals surface area (Å²) in [7, 11) is 0. The van der Waals surface area contributed by atoms with Gasteiger partial charge in [0.05, 0.1) is 12.7 Å². The first-order chi connectivity index (χ1) is 10.2. The zero-order valence-electron chi connectivity index (χ0n) is 12.2. The van der Waals surface area contributed by atoms with Crippen molar-refractivity contribution in [3.63, 3.8) is 0 Å². The molecular weight excluding hydrogens is 290 g/mol. The molecule has 1 aliphatic rings. The van der Waals surface area contributed by atoms with E-state index in [-0.39, 0.29) is 12.6 Å². The number of benzene rings is 1. The second kappa shape index (κ2) is 8.48. The van der Waals surface area contributed by atoms with Crippen molar-refractivity contribution in [2.24, 2.45) is 0 Å². The summed E-state index contributed by atoms with van der Waals surface area (Å²) in [6.45, 7) is 3.92. The molecule has 0 aliphatic carbocycles. The van der Waals surface area contributed by atoms with E-state index in [0.29, 0.717) is 19.0 Å². The van der Waals surface area contributed by atoms with Crippen LogP contribution in [0.3, 0.4) is 0 Å². The largest absolute Gasteiger partial charge is 0.486 e. The Bertz CT molecular complexity index is 444. The van der Waals surface area contributed by atoms with Crippen LogP contribution in [0.25, 0.3) is 0 Å². The minimum Gasteiger partial charge on any atom is -0.486 e. The van der Waals surface area contributed by atoms with Crippen LogP contribution < -0.4 is 14.8 Å². The number of hydrogen-bond acceptors (Lipinski definition) is 6. The van der Waals surface area contributed by atoms with Gasteiger partial charge in [-0.2, -0.15) is 11.8 Å². The summed E-state index contributed by atoms with van der Waals surface area (Å²) in [6, 6.07) is 6.19. The zero-order chi connectivity index (χ0) is 15.1. The van der Waals surface area contributed by atoms with Crippen molar-refractivity contribution in [3.05, 3.63) is 23.8 Å². The molecule has 2 atom stereocenters. The SMILES string of the molecule is CCNC(CSCC(O)CO)c1ccc2c(c1)OCCO2. The summed E-state index contributed by atoms with van der Waals surface area (Å²) >= 11 is 1.62. The maximum atomic E-state index is 9.40. The van der Waals surface area contributed by atoms with E-state index in [1.54, 1.807) is 11.8 Å². The van der Waals surface area contributed by atoms with Crippen molar-refractivity contribution < 1.29 is 19.7 Å². The lowest BCUT2D eigenvalue weighted by molar-refractivity contribution is 0.113. The Kier molecular flexibility index (Phi) is 6.63. The van der Waals surface area contributed by atoms with Crippen LogP contribution in [0.15, 0.2) is 18.2 Å². The minimum atomic E-state index is -0.655. The summed E-state index contributed by atoms with van der Waals surface area (Å²) in [5, 5.41) is 21.7. The molecule has 21 heavy (non-hydrogen) atoms. The van der Waals surface area contributed by atoms with E-state index in [4.69, 9.17) is 14.6 Å². The van der Waals surface area contributed by atoms with Crippen LogP contribution in [0.2, 0.25) is 0 Å². The van der Waals surface area contributed by atoms with Crippen molar-refractivity contribution in [2.75, 3.05) is 37.9 Å². The number of aliphatic hydroxyl groups is 2. The number of rotatable bonds is 8. The number of fused-ring (bicyclic) bond motifs is 1. The van der Waals surface area contributed by atoms with Crippen LogP contribution in [-0.2, 0) is 0 Å². The maximum Gasteiger partial charge on any atom is 0.161 e. The predicted molar refractivity (Wildman–Crippen MR) is 84.3 cm³/mol. The van der Waals surface area contributed by atoms with E-state index in [1.165, 1.54) is 0 Å². The molecule has 5 nitrogen and oxygen atoms in total. The first kappa shape index (κ1) is 16.4. The molecule has 0 spiro atoms. The Balaban J connectivity index is 2.00. The second-order valence-electron chi connectivity index (χ2n) is 4.89. The van der Waals surface area contributed by atoms with Crippen LogP contribution in [0, 0.1) is 0 Å². The van der Waals surface area contributed by atoms with Crippen LogP contribution in [-0.4, -0.2) is 54.2 Å². The van der Waals surface area contributed by atoms with E-state index in [0.717, 1.165) is 29.4 Å². The van der Waals surface area contributed by atoms with Gasteiger partial charge in [0.25, 0.3) is 0 Å². The average Bonchev–Trinajstić information content (AvgIpc) is 2.53. The zero-order valence-corrected chi connectivity index (χ0v) is 13.1. The van der Waals surface area contributed by atoms with Crippen LogP contribution in [0.5, 0.6) is 11.5 Å². The smallest absolute Gasteiger partial charge is 0.161 e. The fourth-order valence-electron chi connectivity index (χ4n) is 2.17. The fraction of sp³-hybridized carbons (Fsp3) is 0.600. The lowest BCUT2D eigenvalue weighted by Gasteiger charge is -2.23. The molecule has 0 amide bonds. The number of ether oxygens (including phenoxy) is 2. The Labute approximate surface area is 129 Å². The highest BCUT2D eigenvalue weighted by molar-refractivity contribution is 7.99. The van der Waals surface area contributed by atoms with E-state index in [2.05, 4.69) is 12.2 Å². The van der Waals surface area contributed by atoms with Gasteiger partial charge in [-0.15, -0.1) is 0 Å². The molecule has 0 radical (unpaired) electrons. The van der Waals surface area contributed by atoms with E-state index in [1.807, 2.05) is 18.2 Å². The first-order valence-corrected chi connectivity index (χ1v) is 8.39. The number of thioether (sulfide) groups is 1. The molecule has 0 aromatic heterocycles. The van der Waals surface area contributed by atoms with Gasteiger partial charge in [-0.25, -0.2) is 0 Å². The van der Waals surface area contributed by atoms with Crippen molar-refractivity contribution in [1.82, 2.24) is 5.32 Å². The summed E-state index contributed by atoms with van der Waals surface area (Å²) in [6.07, 6.45) is -0.655. The Morgan fingerprint density at radius 2 is 2.00 bits per heavy atom. The molecule has 0 bridgehead atoms. The first-order valence-electron chi connectivity index (χ1n) is 7.24. The van der Waals surface area contributed by atoms with Crippen LogP contribution >= 0.6 is 11.8 Å². The summed E-state index contributed by atoms with van der Waals surface area (Å²) < 4.78 is 11.2. The molecule has 2 unspecified atom stereocenters. The van der Waals surface area contributed by atoms with Gasteiger partial charge in [-0.05, 0) is 24.2 Å². The second-order valence-corrected chi connectivity index (χ2v) is 5.96. The highest BCUT2D eigenvalue weighted by Gasteiger charge is 2.17. The van der Waals surface area contributed by atoms with Gasteiger partial charge < -0.3 is 25.0 Å². The Morgan fingerprint density at radius 3 is 2.71 bits per heavy atom. The fourth-order valence-corrected chi connectivity index (χ4v) is 3.23. The van der Waals surface area contributed by atoms with E-state index in [9.17, 15) is 5.11 Å². The molecular formula is C15H23NO4S. The van der Waals surface area contributed by atoms with Gasteiger partial charge in [-0.3, -0.25) is 0 Å². The average molecular weight is 313 g/mol. The van der Waals surface area contributed by atoms with Crippen molar-refractivity contribution in [3.8, 4) is 11.5 Å². The van der Waals surface area contributed by atoms with Crippen LogP contribution in [0.4, 0.5) is 0 Å². The molecule has 0 fully saturated rings. The quantitative estimate of drug-likeness (QED) is 0.670. The lowest BCUT2D eigenvalue weighted by Crippen LogP contribution is -2.25. The summed E-state index contributed by atoms with van der Waals surface area (Å²) in [5.74, 6) is 2.94. The van der Waals surface area contributed by atoms with Crippen molar-refractivity contribution in [2.45, 2.75) is 19.1 Å². The maximum absolute atomic E-state index is 9.40. The number of hydrogen-bond donors (Lipinski definition) is 3. The highest BCUT2D eigenvalue weighted by atomic mass is 32.2. The summed E-state index contributed by atoms with van der Waals surface area (Å²) in [5.41, 5.74) is 1.15. The third-order valence-electron chi connectivity index (χ3n) is 3.22. The molecule has 118 valence electrons. The number of aliphatic hydroxyl groups excluding tert-OH is 2. The molecule has 6 heteroatoms. The van der Waals surface area contributed by atoms with Gasteiger partial charge in [-0.1, -0.05) is 13.0 Å². The van der Waals surface area contributed by atoms with Gasteiger partial charge in [0.2, 0.25) is 0 Å². The topological polar surface area (TPSA) is 71.0 Å². The van der Waals surface area contributed by atoms with Gasteiger partial charge in [0.1, 0.15) is 13.2 Å². The van der Waals surface area contributed by atoms with E-state index < -0.39 is 6.10 Å². The molecule has 2 rings (SSSR count). The van der Waals surface area contributed by atoms with Gasteiger partial charge in [0.15, 0.2) is 11.5 Å².